The minimum absolute atomic E-state index is 0.0372. The Morgan fingerprint density at radius 3 is 2.55 bits per heavy atom. The molecule has 0 radical (unpaired) electrons. The molecule has 5 nitrogen and oxygen atoms in total. The Labute approximate surface area is 172 Å². The van der Waals surface area contributed by atoms with Crippen LogP contribution in [0, 0.1) is 5.92 Å². The second kappa shape index (κ2) is 8.37. The molecule has 0 atom stereocenters. The van der Waals surface area contributed by atoms with E-state index < -0.39 is 0 Å². The van der Waals surface area contributed by atoms with Crippen molar-refractivity contribution in [2.45, 2.75) is 33.3 Å². The Morgan fingerprint density at radius 2 is 1.83 bits per heavy atom. The van der Waals surface area contributed by atoms with Gasteiger partial charge in [0.15, 0.2) is 0 Å². The fourth-order valence-corrected chi connectivity index (χ4v) is 3.89. The molecule has 0 aromatic heterocycles. The number of amides is 2. The third kappa shape index (κ3) is 4.20. The van der Waals surface area contributed by atoms with Gasteiger partial charge in [0, 0.05) is 36.4 Å². The summed E-state index contributed by atoms with van der Waals surface area (Å²) < 4.78 is 5.63. The molecule has 1 saturated carbocycles. The van der Waals surface area contributed by atoms with E-state index in [4.69, 9.17) is 4.74 Å². The summed E-state index contributed by atoms with van der Waals surface area (Å²) in [5, 5.41) is 0. The zero-order valence-corrected chi connectivity index (χ0v) is 17.2. The van der Waals surface area contributed by atoms with Crippen LogP contribution in [-0.4, -0.2) is 43.0 Å². The van der Waals surface area contributed by atoms with E-state index in [9.17, 15) is 9.59 Å². The van der Waals surface area contributed by atoms with Crippen molar-refractivity contribution in [1.29, 1.82) is 0 Å². The number of carbonyl (C=O) groups is 2. The summed E-state index contributed by atoms with van der Waals surface area (Å²) in [6, 6.07) is 13.9. The third-order valence-corrected chi connectivity index (χ3v) is 5.79. The maximum atomic E-state index is 12.7. The molecule has 1 aliphatic carbocycles. The second-order valence-electron chi connectivity index (χ2n) is 7.84. The molecule has 29 heavy (non-hydrogen) atoms. The molecule has 0 spiro atoms. The normalized spacial score (nSPS) is 16.3. The van der Waals surface area contributed by atoms with Crippen LogP contribution in [0.15, 0.2) is 42.5 Å². The van der Waals surface area contributed by atoms with E-state index >= 15 is 0 Å². The number of anilines is 1. The molecule has 2 aromatic carbocycles. The van der Waals surface area contributed by atoms with Gasteiger partial charge in [-0.1, -0.05) is 18.2 Å². The third-order valence-electron chi connectivity index (χ3n) is 5.79. The lowest BCUT2D eigenvalue weighted by atomic mass is 9.99. The van der Waals surface area contributed by atoms with E-state index in [2.05, 4.69) is 6.07 Å². The number of ether oxygens (including phenoxy) is 1. The van der Waals surface area contributed by atoms with Crippen LogP contribution in [0.5, 0.6) is 0 Å². The molecule has 0 N–H and O–H groups in total. The molecular weight excluding hydrogens is 364 g/mol. The minimum Gasteiger partial charge on any atom is -0.367 e. The van der Waals surface area contributed by atoms with Gasteiger partial charge in [0.05, 0.1) is 6.61 Å². The molecule has 1 aliphatic heterocycles. The van der Waals surface area contributed by atoms with Crippen LogP contribution in [0.25, 0.3) is 11.1 Å². The van der Waals surface area contributed by atoms with Crippen LogP contribution in [0.4, 0.5) is 5.69 Å². The Kier molecular flexibility index (Phi) is 5.67. The summed E-state index contributed by atoms with van der Waals surface area (Å²) in [6.45, 7) is 6.71. The van der Waals surface area contributed by atoms with Gasteiger partial charge in [0.1, 0.15) is 6.61 Å². The lowest BCUT2D eigenvalue weighted by Gasteiger charge is -2.23. The predicted octanol–water partition coefficient (Wildman–Crippen LogP) is 4.11. The maximum Gasteiger partial charge on any atom is 0.253 e. The molecule has 2 amide bonds. The number of fused-ring (bicyclic) bond motifs is 1. The van der Waals surface area contributed by atoms with E-state index in [0.29, 0.717) is 31.2 Å². The molecule has 1 fully saturated rings. The summed E-state index contributed by atoms with van der Waals surface area (Å²) in [5.41, 5.74) is 4.70. The van der Waals surface area contributed by atoms with Gasteiger partial charge in [0.2, 0.25) is 0 Å². The topological polar surface area (TPSA) is 49.9 Å². The SMILES string of the molecule is CCN(CC)C(=O)c1cccc(-c2ccc3c(c2)COCC(=O)N3CC2CC2)c1. The zero-order valence-electron chi connectivity index (χ0n) is 17.2. The monoisotopic (exact) mass is 392 g/mol. The first kappa shape index (κ1) is 19.6. The van der Waals surface area contributed by atoms with Gasteiger partial charge in [-0.05, 0) is 68.0 Å². The highest BCUT2D eigenvalue weighted by molar-refractivity contribution is 5.97. The van der Waals surface area contributed by atoms with Crippen molar-refractivity contribution in [2.75, 3.05) is 31.1 Å². The van der Waals surface area contributed by atoms with E-state index in [-0.39, 0.29) is 18.4 Å². The van der Waals surface area contributed by atoms with Crippen molar-refractivity contribution in [3.05, 3.63) is 53.6 Å². The molecule has 2 aliphatic rings. The Bertz CT molecular complexity index is 916. The number of hydrogen-bond donors (Lipinski definition) is 0. The molecule has 1 heterocycles. The molecular formula is C24H28N2O3. The fourth-order valence-electron chi connectivity index (χ4n) is 3.89. The summed E-state index contributed by atoms with van der Waals surface area (Å²) in [4.78, 5) is 28.9. The maximum absolute atomic E-state index is 12.7. The summed E-state index contributed by atoms with van der Waals surface area (Å²) >= 11 is 0. The van der Waals surface area contributed by atoms with Crippen molar-refractivity contribution < 1.29 is 14.3 Å². The highest BCUT2D eigenvalue weighted by atomic mass is 16.5. The van der Waals surface area contributed by atoms with Gasteiger partial charge < -0.3 is 14.5 Å². The Morgan fingerprint density at radius 1 is 1.07 bits per heavy atom. The Hall–Kier alpha value is -2.66. The van der Waals surface area contributed by atoms with Crippen LogP contribution in [0.1, 0.15) is 42.6 Å². The molecule has 5 heteroatoms. The van der Waals surface area contributed by atoms with E-state index in [0.717, 1.165) is 28.9 Å². The number of rotatable bonds is 6. The number of carbonyl (C=O) groups excluding carboxylic acids is 2. The van der Waals surface area contributed by atoms with Crippen molar-refractivity contribution in [2.24, 2.45) is 5.92 Å². The molecule has 0 saturated heterocycles. The fraction of sp³-hybridized carbons (Fsp3) is 0.417. The van der Waals surface area contributed by atoms with Crippen molar-refractivity contribution in [1.82, 2.24) is 4.90 Å². The van der Waals surface area contributed by atoms with Crippen LogP contribution in [-0.2, 0) is 16.1 Å². The van der Waals surface area contributed by atoms with Gasteiger partial charge in [-0.15, -0.1) is 0 Å². The molecule has 4 rings (SSSR count). The summed E-state index contributed by atoms with van der Waals surface area (Å²) in [5.74, 6) is 0.707. The minimum atomic E-state index is 0.0372. The first-order chi connectivity index (χ1) is 14.1. The predicted molar refractivity (Wildman–Crippen MR) is 114 cm³/mol. The number of benzene rings is 2. The smallest absolute Gasteiger partial charge is 0.253 e. The van der Waals surface area contributed by atoms with Gasteiger partial charge >= 0.3 is 0 Å². The van der Waals surface area contributed by atoms with Crippen LogP contribution < -0.4 is 4.90 Å². The second-order valence-corrected chi connectivity index (χ2v) is 7.84. The van der Waals surface area contributed by atoms with Gasteiger partial charge in [-0.25, -0.2) is 0 Å². The zero-order chi connectivity index (χ0) is 20.4. The van der Waals surface area contributed by atoms with Gasteiger partial charge in [-0.2, -0.15) is 0 Å². The molecule has 152 valence electrons. The van der Waals surface area contributed by atoms with Crippen molar-refractivity contribution in [3.63, 3.8) is 0 Å². The molecule has 0 bridgehead atoms. The number of nitrogens with zero attached hydrogens (tertiary/aromatic N) is 2. The molecule has 0 unspecified atom stereocenters. The molecule has 2 aromatic rings. The summed E-state index contributed by atoms with van der Waals surface area (Å²) in [7, 11) is 0. The number of hydrogen-bond acceptors (Lipinski definition) is 3. The average molecular weight is 392 g/mol. The van der Waals surface area contributed by atoms with Crippen LogP contribution >= 0.6 is 0 Å². The quantitative estimate of drug-likeness (QED) is 0.743. The first-order valence-electron chi connectivity index (χ1n) is 10.5. The van der Waals surface area contributed by atoms with Gasteiger partial charge in [0.25, 0.3) is 11.8 Å². The Balaban J connectivity index is 1.65. The van der Waals surface area contributed by atoms with E-state index in [1.807, 2.05) is 60.0 Å². The lowest BCUT2D eigenvalue weighted by molar-refractivity contribution is -0.123. The van der Waals surface area contributed by atoms with Crippen LogP contribution in [0.2, 0.25) is 0 Å². The van der Waals surface area contributed by atoms with Crippen molar-refractivity contribution in [3.8, 4) is 11.1 Å². The van der Waals surface area contributed by atoms with E-state index in [1.165, 1.54) is 12.8 Å². The largest absolute Gasteiger partial charge is 0.367 e. The first-order valence-corrected chi connectivity index (χ1v) is 10.5. The summed E-state index contributed by atoms with van der Waals surface area (Å²) in [6.07, 6.45) is 2.40. The van der Waals surface area contributed by atoms with E-state index in [1.54, 1.807) is 0 Å². The average Bonchev–Trinajstić information content (AvgIpc) is 3.58. The standard InChI is InChI=1S/C24H28N2O3/c1-3-25(4-2)24(28)20-7-5-6-18(12-20)19-10-11-22-21(13-19)15-29-16-23(27)26(22)14-17-8-9-17/h5-7,10-13,17H,3-4,8-9,14-16H2,1-2H3. The lowest BCUT2D eigenvalue weighted by Crippen LogP contribution is -2.34. The van der Waals surface area contributed by atoms with Crippen molar-refractivity contribution >= 4 is 17.5 Å². The van der Waals surface area contributed by atoms with Crippen LogP contribution in [0.3, 0.4) is 0 Å². The highest BCUT2D eigenvalue weighted by Crippen LogP contribution is 2.35. The highest BCUT2D eigenvalue weighted by Gasteiger charge is 2.30. The van der Waals surface area contributed by atoms with Gasteiger partial charge in [-0.3, -0.25) is 9.59 Å².